The van der Waals surface area contributed by atoms with Crippen LogP contribution in [0.5, 0.6) is 0 Å². The lowest BCUT2D eigenvalue weighted by molar-refractivity contribution is 0.626. The highest BCUT2D eigenvalue weighted by Gasteiger charge is 2.15. The second-order valence-corrected chi connectivity index (χ2v) is 6.97. The number of nitrogens with one attached hydrogen (secondary N) is 1. The SMILES string of the molecule is Cc1cc(F)ccc1NC(Cc1cccs1)c1cccs1. The van der Waals surface area contributed by atoms with Crippen molar-refractivity contribution in [2.45, 2.75) is 19.4 Å². The summed E-state index contributed by atoms with van der Waals surface area (Å²) in [7, 11) is 0. The smallest absolute Gasteiger partial charge is 0.123 e. The summed E-state index contributed by atoms with van der Waals surface area (Å²) in [6.45, 7) is 1.93. The van der Waals surface area contributed by atoms with E-state index in [1.807, 2.05) is 13.0 Å². The number of anilines is 1. The van der Waals surface area contributed by atoms with Crippen molar-refractivity contribution in [2.75, 3.05) is 5.32 Å². The molecule has 1 nitrogen and oxygen atoms in total. The molecule has 108 valence electrons. The zero-order valence-electron chi connectivity index (χ0n) is 11.7. The van der Waals surface area contributed by atoms with Crippen LogP contribution in [0.15, 0.2) is 53.2 Å². The summed E-state index contributed by atoms with van der Waals surface area (Å²) >= 11 is 3.52. The molecule has 0 aliphatic heterocycles. The molecule has 3 rings (SSSR count). The quantitative estimate of drug-likeness (QED) is 0.641. The molecule has 3 aromatic rings. The number of halogens is 1. The van der Waals surface area contributed by atoms with Gasteiger partial charge in [-0.05, 0) is 53.6 Å². The topological polar surface area (TPSA) is 12.0 Å². The fourth-order valence-corrected chi connectivity index (χ4v) is 3.85. The molecule has 0 spiro atoms. The summed E-state index contributed by atoms with van der Waals surface area (Å²) in [4.78, 5) is 2.65. The monoisotopic (exact) mass is 317 g/mol. The third-order valence-corrected chi connectivity index (χ3v) is 5.27. The van der Waals surface area contributed by atoms with Crippen molar-refractivity contribution in [3.8, 4) is 0 Å². The van der Waals surface area contributed by atoms with E-state index < -0.39 is 0 Å². The van der Waals surface area contributed by atoms with Gasteiger partial charge in [0.25, 0.3) is 0 Å². The van der Waals surface area contributed by atoms with E-state index in [1.165, 1.54) is 15.8 Å². The predicted molar refractivity (Wildman–Crippen MR) is 89.8 cm³/mol. The van der Waals surface area contributed by atoms with Crippen LogP contribution in [0.1, 0.15) is 21.4 Å². The zero-order valence-corrected chi connectivity index (χ0v) is 13.3. The molecule has 0 saturated carbocycles. The van der Waals surface area contributed by atoms with Gasteiger partial charge >= 0.3 is 0 Å². The van der Waals surface area contributed by atoms with Crippen molar-refractivity contribution in [2.24, 2.45) is 0 Å². The average Bonchev–Trinajstić information content (AvgIpc) is 3.13. The summed E-state index contributed by atoms with van der Waals surface area (Å²) in [5.74, 6) is -0.191. The molecule has 0 amide bonds. The molecule has 0 fully saturated rings. The minimum Gasteiger partial charge on any atom is -0.377 e. The lowest BCUT2D eigenvalue weighted by Gasteiger charge is -2.20. The van der Waals surface area contributed by atoms with Crippen LogP contribution in [0.2, 0.25) is 0 Å². The minimum atomic E-state index is -0.191. The number of rotatable bonds is 5. The highest BCUT2D eigenvalue weighted by Crippen LogP contribution is 2.29. The van der Waals surface area contributed by atoms with Crippen molar-refractivity contribution >= 4 is 28.4 Å². The Morgan fingerprint density at radius 1 is 1.10 bits per heavy atom. The second-order valence-electron chi connectivity index (χ2n) is 4.96. The molecule has 21 heavy (non-hydrogen) atoms. The molecule has 2 aromatic heterocycles. The van der Waals surface area contributed by atoms with Crippen molar-refractivity contribution in [3.05, 3.63) is 74.4 Å². The third kappa shape index (κ3) is 3.52. The summed E-state index contributed by atoms with van der Waals surface area (Å²) in [5, 5.41) is 7.76. The first kappa shape index (κ1) is 14.3. The standard InChI is InChI=1S/C17H16FNS2/c1-12-10-13(18)6-7-15(12)19-16(17-5-3-9-21-17)11-14-4-2-8-20-14/h2-10,16,19H,11H2,1H3. The molecule has 1 N–H and O–H groups in total. The van der Waals surface area contributed by atoms with E-state index >= 15 is 0 Å². The van der Waals surface area contributed by atoms with Crippen LogP contribution in [0.25, 0.3) is 0 Å². The van der Waals surface area contributed by atoms with E-state index in [-0.39, 0.29) is 11.9 Å². The van der Waals surface area contributed by atoms with Crippen LogP contribution < -0.4 is 5.32 Å². The van der Waals surface area contributed by atoms with Gasteiger partial charge in [-0.1, -0.05) is 12.1 Å². The van der Waals surface area contributed by atoms with Gasteiger partial charge in [-0.15, -0.1) is 22.7 Å². The molecule has 0 aliphatic rings. The third-order valence-electron chi connectivity index (χ3n) is 3.39. The van der Waals surface area contributed by atoms with Crippen LogP contribution >= 0.6 is 22.7 Å². The van der Waals surface area contributed by atoms with Gasteiger partial charge in [-0.3, -0.25) is 0 Å². The zero-order chi connectivity index (χ0) is 14.7. The minimum absolute atomic E-state index is 0.191. The highest BCUT2D eigenvalue weighted by atomic mass is 32.1. The first-order chi connectivity index (χ1) is 10.2. The van der Waals surface area contributed by atoms with E-state index in [0.29, 0.717) is 0 Å². The van der Waals surface area contributed by atoms with Crippen molar-refractivity contribution in [3.63, 3.8) is 0 Å². The Morgan fingerprint density at radius 3 is 2.57 bits per heavy atom. The number of thiophene rings is 2. The van der Waals surface area contributed by atoms with Gasteiger partial charge in [0.1, 0.15) is 5.82 Å². The fourth-order valence-electron chi connectivity index (χ4n) is 2.32. The van der Waals surface area contributed by atoms with Gasteiger partial charge in [-0.25, -0.2) is 4.39 Å². The number of hydrogen-bond donors (Lipinski definition) is 1. The Morgan fingerprint density at radius 2 is 1.90 bits per heavy atom. The van der Waals surface area contributed by atoms with E-state index in [0.717, 1.165) is 17.7 Å². The van der Waals surface area contributed by atoms with Gasteiger partial charge in [0.05, 0.1) is 6.04 Å². The van der Waals surface area contributed by atoms with E-state index in [4.69, 9.17) is 0 Å². The van der Waals surface area contributed by atoms with Crippen LogP contribution in [0.4, 0.5) is 10.1 Å². The lowest BCUT2D eigenvalue weighted by Crippen LogP contribution is -2.12. The molecule has 4 heteroatoms. The number of hydrogen-bond acceptors (Lipinski definition) is 3. The lowest BCUT2D eigenvalue weighted by atomic mass is 10.1. The van der Waals surface area contributed by atoms with Gasteiger partial charge in [0.2, 0.25) is 0 Å². The number of benzene rings is 1. The summed E-state index contributed by atoms with van der Waals surface area (Å²) < 4.78 is 13.2. The Labute approximate surface area is 132 Å². The summed E-state index contributed by atoms with van der Waals surface area (Å²) in [6, 6.07) is 13.6. The highest BCUT2D eigenvalue weighted by molar-refractivity contribution is 7.10. The molecular formula is C17H16FNS2. The molecule has 0 aliphatic carbocycles. The molecule has 2 heterocycles. The Balaban J connectivity index is 1.85. The van der Waals surface area contributed by atoms with Gasteiger partial charge in [-0.2, -0.15) is 0 Å². The van der Waals surface area contributed by atoms with Gasteiger partial charge < -0.3 is 5.32 Å². The van der Waals surface area contributed by atoms with Gasteiger partial charge in [0, 0.05) is 21.9 Å². The average molecular weight is 317 g/mol. The van der Waals surface area contributed by atoms with Crippen molar-refractivity contribution < 1.29 is 4.39 Å². The van der Waals surface area contributed by atoms with Crippen LogP contribution in [0.3, 0.4) is 0 Å². The molecular weight excluding hydrogens is 301 g/mol. The maximum Gasteiger partial charge on any atom is 0.123 e. The first-order valence-electron chi connectivity index (χ1n) is 6.81. The van der Waals surface area contributed by atoms with E-state index in [1.54, 1.807) is 28.7 Å². The summed E-state index contributed by atoms with van der Waals surface area (Å²) in [5.41, 5.74) is 1.93. The Hall–Kier alpha value is -1.65. The van der Waals surface area contributed by atoms with Gasteiger partial charge in [0.15, 0.2) is 0 Å². The molecule has 1 atom stereocenters. The van der Waals surface area contributed by atoms with Crippen LogP contribution in [0, 0.1) is 12.7 Å². The van der Waals surface area contributed by atoms with Crippen LogP contribution in [-0.2, 0) is 6.42 Å². The summed E-state index contributed by atoms with van der Waals surface area (Å²) in [6.07, 6.45) is 0.939. The molecule has 1 aromatic carbocycles. The fraction of sp³-hybridized carbons (Fsp3) is 0.176. The van der Waals surface area contributed by atoms with Crippen molar-refractivity contribution in [1.82, 2.24) is 0 Å². The van der Waals surface area contributed by atoms with Crippen molar-refractivity contribution in [1.29, 1.82) is 0 Å². The first-order valence-corrected chi connectivity index (χ1v) is 8.57. The predicted octanol–water partition coefficient (Wildman–Crippen LogP) is 5.65. The maximum absolute atomic E-state index is 13.2. The number of aryl methyl sites for hydroxylation is 1. The Bertz CT molecular complexity index is 690. The molecule has 0 saturated heterocycles. The maximum atomic E-state index is 13.2. The normalized spacial score (nSPS) is 12.3. The van der Waals surface area contributed by atoms with E-state index in [2.05, 4.69) is 40.3 Å². The largest absolute Gasteiger partial charge is 0.377 e. The van der Waals surface area contributed by atoms with Crippen LogP contribution in [-0.4, -0.2) is 0 Å². The molecule has 1 unspecified atom stereocenters. The molecule has 0 bridgehead atoms. The second kappa shape index (κ2) is 6.41. The van der Waals surface area contributed by atoms with E-state index in [9.17, 15) is 4.39 Å². The Kier molecular flexibility index (Phi) is 4.36. The molecule has 0 radical (unpaired) electrons.